The van der Waals surface area contributed by atoms with Crippen molar-refractivity contribution in [2.75, 3.05) is 26.2 Å². The van der Waals surface area contributed by atoms with Crippen molar-refractivity contribution in [3.8, 4) is 0 Å². The molecule has 1 amide bonds. The summed E-state index contributed by atoms with van der Waals surface area (Å²) in [6, 6.07) is -0.131. The first-order valence-electron chi connectivity index (χ1n) is 9.17. The highest BCUT2D eigenvalue weighted by Crippen LogP contribution is 2.33. The van der Waals surface area contributed by atoms with Gasteiger partial charge >= 0.3 is 0 Å². The minimum absolute atomic E-state index is 0.0874. The molecule has 0 radical (unpaired) electrons. The minimum Gasteiger partial charge on any atom is -0.373 e. The highest BCUT2D eigenvalue weighted by molar-refractivity contribution is 5.81. The number of carbonyl (C=O) groups excluding carboxylic acids is 1. The SMILES string of the molecule is CC1CCN(C(=O)[C@H](C)NC[C@H]2CCO[C@H]2c2cnn(C)c2)CC1. The average Bonchev–Trinajstić information content (AvgIpc) is 3.21. The number of ether oxygens (including phenoxy) is 1. The lowest BCUT2D eigenvalue weighted by Gasteiger charge is -2.32. The molecule has 0 bridgehead atoms. The van der Waals surface area contributed by atoms with Gasteiger partial charge in [-0.2, -0.15) is 5.10 Å². The molecular formula is C18H30N4O2. The Morgan fingerprint density at radius 3 is 2.83 bits per heavy atom. The molecule has 0 spiro atoms. The number of amides is 1. The first-order chi connectivity index (χ1) is 11.5. The largest absolute Gasteiger partial charge is 0.373 e. The minimum atomic E-state index is -0.131. The van der Waals surface area contributed by atoms with Crippen LogP contribution < -0.4 is 5.32 Å². The Morgan fingerprint density at radius 1 is 1.42 bits per heavy atom. The van der Waals surface area contributed by atoms with Gasteiger partial charge in [0.15, 0.2) is 0 Å². The number of carbonyl (C=O) groups is 1. The van der Waals surface area contributed by atoms with Crippen LogP contribution in [-0.4, -0.2) is 52.9 Å². The Bertz CT molecular complexity index is 551. The van der Waals surface area contributed by atoms with Crippen molar-refractivity contribution in [3.63, 3.8) is 0 Å². The van der Waals surface area contributed by atoms with Crippen molar-refractivity contribution >= 4 is 5.91 Å². The molecule has 134 valence electrons. The third-order valence-electron chi connectivity index (χ3n) is 5.42. The number of hydrogen-bond donors (Lipinski definition) is 1. The number of rotatable bonds is 5. The summed E-state index contributed by atoms with van der Waals surface area (Å²) in [4.78, 5) is 14.6. The van der Waals surface area contributed by atoms with E-state index in [4.69, 9.17) is 4.74 Å². The summed E-state index contributed by atoms with van der Waals surface area (Å²) in [5.41, 5.74) is 1.13. The fourth-order valence-electron chi connectivity index (χ4n) is 3.72. The van der Waals surface area contributed by atoms with Gasteiger partial charge in [0.05, 0.1) is 18.3 Å². The van der Waals surface area contributed by atoms with Gasteiger partial charge in [0.25, 0.3) is 0 Å². The quantitative estimate of drug-likeness (QED) is 0.891. The van der Waals surface area contributed by atoms with Crippen LogP contribution in [-0.2, 0) is 16.6 Å². The molecule has 1 N–H and O–H groups in total. The molecule has 3 heterocycles. The van der Waals surface area contributed by atoms with E-state index >= 15 is 0 Å². The van der Waals surface area contributed by atoms with Gasteiger partial charge in [0, 0.05) is 51.0 Å². The predicted octanol–water partition coefficient (Wildman–Crippen LogP) is 1.73. The summed E-state index contributed by atoms with van der Waals surface area (Å²) >= 11 is 0. The van der Waals surface area contributed by atoms with Crippen molar-refractivity contribution in [1.82, 2.24) is 20.0 Å². The second-order valence-corrected chi connectivity index (χ2v) is 7.43. The topological polar surface area (TPSA) is 59.4 Å². The molecule has 0 unspecified atom stereocenters. The summed E-state index contributed by atoms with van der Waals surface area (Å²) in [5, 5.41) is 7.68. The second-order valence-electron chi connectivity index (χ2n) is 7.43. The lowest BCUT2D eigenvalue weighted by molar-refractivity contribution is -0.134. The summed E-state index contributed by atoms with van der Waals surface area (Å²) < 4.78 is 7.71. The Hall–Kier alpha value is -1.40. The molecule has 2 saturated heterocycles. The maximum Gasteiger partial charge on any atom is 0.239 e. The predicted molar refractivity (Wildman–Crippen MR) is 92.5 cm³/mol. The molecule has 0 saturated carbocycles. The maximum absolute atomic E-state index is 12.6. The number of hydrogen-bond acceptors (Lipinski definition) is 4. The van der Waals surface area contributed by atoms with E-state index in [1.807, 2.05) is 35.9 Å². The Balaban J connectivity index is 1.50. The molecule has 0 aromatic carbocycles. The number of nitrogens with zero attached hydrogens (tertiary/aromatic N) is 3. The molecule has 6 nitrogen and oxygen atoms in total. The third-order valence-corrected chi connectivity index (χ3v) is 5.42. The van der Waals surface area contributed by atoms with Gasteiger partial charge < -0.3 is 15.0 Å². The molecule has 1 aromatic heterocycles. The molecule has 24 heavy (non-hydrogen) atoms. The first kappa shape index (κ1) is 17.4. The lowest BCUT2D eigenvalue weighted by Crippen LogP contribution is -2.48. The van der Waals surface area contributed by atoms with Gasteiger partial charge in [0.2, 0.25) is 5.91 Å². The van der Waals surface area contributed by atoms with Crippen molar-refractivity contribution in [3.05, 3.63) is 18.0 Å². The average molecular weight is 334 g/mol. The molecule has 1 aromatic rings. The molecule has 3 rings (SSSR count). The zero-order chi connectivity index (χ0) is 17.1. The first-order valence-corrected chi connectivity index (χ1v) is 9.17. The van der Waals surface area contributed by atoms with E-state index in [0.29, 0.717) is 5.92 Å². The second kappa shape index (κ2) is 7.66. The molecule has 3 atom stereocenters. The van der Waals surface area contributed by atoms with Gasteiger partial charge in [-0.25, -0.2) is 0 Å². The highest BCUT2D eigenvalue weighted by atomic mass is 16.5. The Labute approximate surface area is 144 Å². The van der Waals surface area contributed by atoms with Crippen LogP contribution in [0.4, 0.5) is 0 Å². The molecule has 0 aliphatic carbocycles. The van der Waals surface area contributed by atoms with E-state index in [0.717, 1.165) is 57.0 Å². The number of aromatic nitrogens is 2. The van der Waals surface area contributed by atoms with Crippen molar-refractivity contribution in [2.45, 2.75) is 45.3 Å². The fourth-order valence-corrected chi connectivity index (χ4v) is 3.72. The third kappa shape index (κ3) is 3.98. The van der Waals surface area contributed by atoms with Gasteiger partial charge in [-0.3, -0.25) is 9.48 Å². The van der Waals surface area contributed by atoms with Gasteiger partial charge in [-0.15, -0.1) is 0 Å². The number of likely N-dealkylation sites (tertiary alicyclic amines) is 1. The van der Waals surface area contributed by atoms with Crippen LogP contribution in [0.1, 0.15) is 44.8 Å². The standard InChI is InChI=1S/C18H30N4O2/c1-13-4-7-22(8-5-13)18(23)14(2)19-10-15-6-9-24-17(15)16-11-20-21(3)12-16/h11-15,17,19H,4-10H2,1-3H3/t14-,15+,17+/m0/s1. The van der Waals surface area contributed by atoms with Gasteiger partial charge in [-0.05, 0) is 32.1 Å². The zero-order valence-electron chi connectivity index (χ0n) is 15.1. The van der Waals surface area contributed by atoms with E-state index in [1.165, 1.54) is 0 Å². The summed E-state index contributed by atoms with van der Waals surface area (Å²) in [5.74, 6) is 1.37. The Morgan fingerprint density at radius 2 is 2.17 bits per heavy atom. The summed E-state index contributed by atoms with van der Waals surface area (Å²) in [7, 11) is 1.92. The monoisotopic (exact) mass is 334 g/mol. The van der Waals surface area contributed by atoms with Crippen LogP contribution in [0.25, 0.3) is 0 Å². The summed E-state index contributed by atoms with van der Waals surface area (Å²) in [6.45, 7) is 7.63. The van der Waals surface area contributed by atoms with Crippen molar-refractivity contribution in [1.29, 1.82) is 0 Å². The van der Waals surface area contributed by atoms with Crippen LogP contribution in [0.15, 0.2) is 12.4 Å². The number of nitrogens with one attached hydrogen (secondary N) is 1. The number of aryl methyl sites for hydroxylation is 1. The van der Waals surface area contributed by atoms with Gasteiger partial charge in [-0.1, -0.05) is 6.92 Å². The van der Waals surface area contributed by atoms with Crippen LogP contribution >= 0.6 is 0 Å². The van der Waals surface area contributed by atoms with E-state index in [-0.39, 0.29) is 18.1 Å². The van der Waals surface area contributed by atoms with E-state index in [2.05, 4.69) is 17.3 Å². The van der Waals surface area contributed by atoms with Crippen LogP contribution in [0.2, 0.25) is 0 Å². The van der Waals surface area contributed by atoms with Gasteiger partial charge in [0.1, 0.15) is 0 Å². The highest BCUT2D eigenvalue weighted by Gasteiger charge is 2.32. The van der Waals surface area contributed by atoms with Crippen molar-refractivity contribution in [2.24, 2.45) is 18.9 Å². The molecule has 2 aliphatic heterocycles. The number of piperidine rings is 1. The molecule has 6 heteroatoms. The van der Waals surface area contributed by atoms with Crippen LogP contribution in [0.5, 0.6) is 0 Å². The Kier molecular flexibility index (Phi) is 5.56. The molecule has 2 aliphatic rings. The maximum atomic E-state index is 12.6. The lowest BCUT2D eigenvalue weighted by atomic mass is 9.96. The van der Waals surface area contributed by atoms with Crippen LogP contribution in [0.3, 0.4) is 0 Å². The molecule has 2 fully saturated rings. The normalized spacial score (nSPS) is 26.7. The van der Waals surface area contributed by atoms with E-state index in [9.17, 15) is 4.79 Å². The smallest absolute Gasteiger partial charge is 0.239 e. The van der Waals surface area contributed by atoms with E-state index in [1.54, 1.807) is 0 Å². The van der Waals surface area contributed by atoms with Crippen LogP contribution in [0, 0.1) is 11.8 Å². The fraction of sp³-hybridized carbons (Fsp3) is 0.778. The zero-order valence-corrected chi connectivity index (χ0v) is 15.1. The summed E-state index contributed by atoms with van der Waals surface area (Å²) in [6.07, 6.45) is 7.26. The van der Waals surface area contributed by atoms with E-state index < -0.39 is 0 Å². The van der Waals surface area contributed by atoms with Crippen molar-refractivity contribution < 1.29 is 9.53 Å². The molecular weight excluding hydrogens is 304 g/mol.